The first-order valence-corrected chi connectivity index (χ1v) is 7.84. The van der Waals surface area contributed by atoms with Crippen molar-refractivity contribution in [3.8, 4) is 0 Å². The first-order chi connectivity index (χ1) is 9.65. The second kappa shape index (κ2) is 5.50. The average Bonchev–Trinajstić information content (AvgIpc) is 2.73. The lowest BCUT2D eigenvalue weighted by Gasteiger charge is -2.18. The molecule has 0 saturated heterocycles. The van der Waals surface area contributed by atoms with Gasteiger partial charge in [-0.2, -0.15) is 0 Å². The molecule has 1 unspecified atom stereocenters. The molecule has 2 aromatic rings. The molecule has 0 amide bonds. The molecule has 2 aromatic heterocycles. The van der Waals surface area contributed by atoms with Crippen molar-refractivity contribution in [2.24, 2.45) is 0 Å². The van der Waals surface area contributed by atoms with Crippen LogP contribution in [0, 0.1) is 13.8 Å². The Labute approximate surface area is 121 Å². The van der Waals surface area contributed by atoms with Crippen LogP contribution in [-0.2, 0) is 6.54 Å². The van der Waals surface area contributed by atoms with Gasteiger partial charge in [0.05, 0.1) is 11.9 Å². The van der Waals surface area contributed by atoms with Gasteiger partial charge >= 0.3 is 0 Å². The number of nitrogens with one attached hydrogen (secondary N) is 2. The fourth-order valence-corrected chi connectivity index (χ4v) is 3.65. The van der Waals surface area contributed by atoms with Gasteiger partial charge in [-0.15, -0.1) is 11.3 Å². The Bertz CT molecular complexity index is 714. The average molecular weight is 289 g/mol. The highest BCUT2D eigenvalue weighted by Crippen LogP contribution is 2.25. The minimum absolute atomic E-state index is 0.0165. The lowest BCUT2D eigenvalue weighted by atomic mass is 10.0. The summed E-state index contributed by atoms with van der Waals surface area (Å²) in [7, 11) is 0. The van der Waals surface area contributed by atoms with Gasteiger partial charge in [0.25, 0.3) is 5.56 Å². The number of nitrogens with zero attached hydrogens (tertiary/aromatic N) is 1. The van der Waals surface area contributed by atoms with Gasteiger partial charge < -0.3 is 10.3 Å². The van der Waals surface area contributed by atoms with Crippen molar-refractivity contribution in [3.05, 3.63) is 38.8 Å². The molecule has 1 aliphatic carbocycles. The Morgan fingerprint density at radius 2 is 2.30 bits per heavy atom. The van der Waals surface area contributed by atoms with E-state index in [2.05, 4.69) is 27.4 Å². The predicted octanol–water partition coefficient (Wildman–Crippen LogP) is 2.80. The first-order valence-electron chi connectivity index (χ1n) is 7.02. The van der Waals surface area contributed by atoms with Gasteiger partial charge in [0.15, 0.2) is 0 Å². The quantitative estimate of drug-likeness (QED) is 0.854. The van der Waals surface area contributed by atoms with E-state index in [4.69, 9.17) is 0 Å². The number of aryl methyl sites for hydroxylation is 2. The van der Waals surface area contributed by atoms with Crippen LogP contribution in [0.1, 0.15) is 35.5 Å². The molecule has 0 spiro atoms. The minimum atomic E-state index is -0.0165. The van der Waals surface area contributed by atoms with Gasteiger partial charge in [-0.05, 0) is 38.7 Å². The van der Waals surface area contributed by atoms with Crippen LogP contribution in [0.2, 0.25) is 0 Å². The van der Waals surface area contributed by atoms with Crippen LogP contribution in [0.15, 0.2) is 16.9 Å². The van der Waals surface area contributed by atoms with Gasteiger partial charge in [-0.25, -0.2) is 4.98 Å². The second-order valence-corrected chi connectivity index (χ2v) is 6.54. The Morgan fingerprint density at radius 1 is 1.45 bits per heavy atom. The number of thiophene rings is 1. The number of rotatable bonds is 3. The molecule has 0 fully saturated rings. The van der Waals surface area contributed by atoms with E-state index in [1.165, 1.54) is 4.88 Å². The van der Waals surface area contributed by atoms with Gasteiger partial charge in [0.1, 0.15) is 10.7 Å². The normalized spacial score (nSPS) is 18.8. The van der Waals surface area contributed by atoms with Crippen molar-refractivity contribution in [1.82, 2.24) is 15.3 Å². The molecule has 3 rings (SSSR count). The number of hydrogen-bond acceptors (Lipinski definition) is 4. The van der Waals surface area contributed by atoms with E-state index in [9.17, 15) is 4.79 Å². The fraction of sp³-hybridized carbons (Fsp3) is 0.467. The van der Waals surface area contributed by atoms with Crippen LogP contribution in [0.3, 0.4) is 0 Å². The van der Waals surface area contributed by atoms with Crippen LogP contribution in [-0.4, -0.2) is 16.0 Å². The van der Waals surface area contributed by atoms with Crippen LogP contribution >= 0.6 is 11.3 Å². The highest BCUT2D eigenvalue weighted by Gasteiger charge is 2.13. The van der Waals surface area contributed by atoms with Crippen molar-refractivity contribution in [1.29, 1.82) is 0 Å². The molecule has 0 aliphatic heterocycles. The maximum atomic E-state index is 12.2. The first kappa shape index (κ1) is 13.5. The topological polar surface area (TPSA) is 57.8 Å². The molecule has 20 heavy (non-hydrogen) atoms. The molecule has 1 atom stereocenters. The van der Waals surface area contributed by atoms with Crippen molar-refractivity contribution < 1.29 is 0 Å². The number of aromatic nitrogens is 2. The molecule has 2 N–H and O–H groups in total. The smallest absolute Gasteiger partial charge is 0.259 e. The molecule has 5 heteroatoms. The zero-order chi connectivity index (χ0) is 14.1. The standard InChI is InChI=1S/C15H19N3OS/c1-9-10(2)20-15-13(9)14(19)17-12(18-15)8-16-11-6-4-3-5-7-11/h3-4,11,16H,5-8H2,1-2H3,(H,17,18,19). The lowest BCUT2D eigenvalue weighted by molar-refractivity contribution is 0.467. The molecule has 0 saturated carbocycles. The molecular formula is C15H19N3OS. The monoisotopic (exact) mass is 289 g/mol. The summed E-state index contributed by atoms with van der Waals surface area (Å²) >= 11 is 1.60. The third-order valence-electron chi connectivity index (χ3n) is 3.92. The van der Waals surface area contributed by atoms with Crippen LogP contribution in [0.4, 0.5) is 0 Å². The third kappa shape index (κ3) is 2.55. The number of fused-ring (bicyclic) bond motifs is 1. The van der Waals surface area contributed by atoms with Gasteiger partial charge in [-0.3, -0.25) is 4.79 Å². The fourth-order valence-electron chi connectivity index (χ4n) is 2.60. The number of aromatic amines is 1. The maximum Gasteiger partial charge on any atom is 0.259 e. The van der Waals surface area contributed by atoms with Crippen molar-refractivity contribution >= 4 is 21.6 Å². The Kier molecular flexibility index (Phi) is 3.72. The molecule has 4 nitrogen and oxygen atoms in total. The zero-order valence-corrected chi connectivity index (χ0v) is 12.6. The summed E-state index contributed by atoms with van der Waals surface area (Å²) in [5, 5.41) is 4.22. The molecule has 1 aliphatic rings. The lowest BCUT2D eigenvalue weighted by Crippen LogP contribution is -2.30. The predicted molar refractivity (Wildman–Crippen MR) is 83.3 cm³/mol. The number of allylic oxidation sites excluding steroid dienone is 1. The van der Waals surface area contributed by atoms with Crippen molar-refractivity contribution in [3.63, 3.8) is 0 Å². The zero-order valence-electron chi connectivity index (χ0n) is 11.8. The SMILES string of the molecule is Cc1sc2nc(CNC3CC=CCC3)[nH]c(=O)c2c1C. The second-order valence-electron chi connectivity index (χ2n) is 5.34. The highest BCUT2D eigenvalue weighted by molar-refractivity contribution is 7.18. The minimum Gasteiger partial charge on any atom is -0.309 e. The van der Waals surface area contributed by atoms with E-state index in [1.54, 1.807) is 11.3 Å². The summed E-state index contributed by atoms with van der Waals surface area (Å²) < 4.78 is 0. The van der Waals surface area contributed by atoms with E-state index in [-0.39, 0.29) is 5.56 Å². The molecular weight excluding hydrogens is 270 g/mol. The maximum absolute atomic E-state index is 12.2. The van der Waals surface area contributed by atoms with Crippen molar-refractivity contribution in [2.45, 2.75) is 45.7 Å². The van der Waals surface area contributed by atoms with E-state index in [1.807, 2.05) is 13.8 Å². The third-order valence-corrected chi connectivity index (χ3v) is 5.02. The Hall–Kier alpha value is -1.46. The largest absolute Gasteiger partial charge is 0.309 e. The van der Waals surface area contributed by atoms with Crippen LogP contribution in [0.25, 0.3) is 10.2 Å². The summed E-state index contributed by atoms with van der Waals surface area (Å²) in [5.41, 5.74) is 1.04. The highest BCUT2D eigenvalue weighted by atomic mass is 32.1. The summed E-state index contributed by atoms with van der Waals surface area (Å²) in [6.45, 7) is 4.64. The molecule has 0 radical (unpaired) electrons. The number of H-pyrrole nitrogens is 1. The molecule has 2 heterocycles. The van der Waals surface area contributed by atoms with E-state index in [0.29, 0.717) is 12.6 Å². The summed E-state index contributed by atoms with van der Waals surface area (Å²) in [6, 6.07) is 0.493. The summed E-state index contributed by atoms with van der Waals surface area (Å²) in [5.74, 6) is 0.735. The Balaban J connectivity index is 1.82. The van der Waals surface area contributed by atoms with Gasteiger partial charge in [0.2, 0.25) is 0 Å². The summed E-state index contributed by atoms with van der Waals surface area (Å²) in [6.07, 6.45) is 7.78. The molecule has 106 valence electrons. The summed E-state index contributed by atoms with van der Waals surface area (Å²) in [4.78, 5) is 21.7. The Morgan fingerprint density at radius 3 is 3.05 bits per heavy atom. The van der Waals surface area contributed by atoms with Crippen LogP contribution in [0.5, 0.6) is 0 Å². The van der Waals surface area contributed by atoms with Crippen LogP contribution < -0.4 is 10.9 Å². The van der Waals surface area contributed by atoms with E-state index in [0.717, 1.165) is 40.9 Å². The van der Waals surface area contributed by atoms with E-state index < -0.39 is 0 Å². The number of hydrogen-bond donors (Lipinski definition) is 2. The molecule has 0 aromatic carbocycles. The van der Waals surface area contributed by atoms with E-state index >= 15 is 0 Å². The van der Waals surface area contributed by atoms with Gasteiger partial charge in [0, 0.05) is 10.9 Å². The van der Waals surface area contributed by atoms with Crippen molar-refractivity contribution in [2.75, 3.05) is 0 Å². The molecule has 0 bridgehead atoms. The van der Waals surface area contributed by atoms with Gasteiger partial charge in [-0.1, -0.05) is 12.2 Å².